The van der Waals surface area contributed by atoms with Crippen LogP contribution in [0.3, 0.4) is 0 Å². The Hall–Kier alpha value is 0.0700. The van der Waals surface area contributed by atoms with Crippen LogP contribution in [0.4, 0.5) is 0 Å². The molecule has 0 bridgehead atoms. The van der Waals surface area contributed by atoms with Crippen LogP contribution in [0.1, 0.15) is 0 Å². The van der Waals surface area contributed by atoms with Gasteiger partial charge >= 0.3 is 7.82 Å². The Bertz CT molecular complexity index is 71.6. The summed E-state index contributed by atoms with van der Waals surface area (Å²) in [6.07, 6.45) is 0. The first-order valence-electron chi connectivity index (χ1n) is 0.969. The van der Waals surface area contributed by atoms with E-state index in [1.165, 1.54) is 0 Å². The first kappa shape index (κ1) is 6.07. The van der Waals surface area contributed by atoms with Crippen molar-refractivity contribution in [1.29, 1.82) is 0 Å². The lowest BCUT2D eigenvalue weighted by atomic mass is 13.6. The van der Waals surface area contributed by atoms with E-state index in [2.05, 4.69) is 4.62 Å². The monoisotopic (exact) mass is 112 g/mol. The molecule has 0 amide bonds. The molecular weight excluding hydrogens is 109 g/mol. The van der Waals surface area contributed by atoms with Gasteiger partial charge in [0.05, 0.1) is 0 Å². The van der Waals surface area contributed by atoms with Crippen LogP contribution in [0.2, 0.25) is 0 Å². The minimum absolute atomic E-state index is 2.85. The standard InChI is InChI=1S/H3NO4P/c1-5-6(2,3)4/h1H,(H2,2,3,4). The Morgan fingerprint density at radius 3 is 1.83 bits per heavy atom. The quantitative estimate of drug-likeness (QED) is 0.346. The maximum Gasteiger partial charge on any atom is 0.487 e. The molecule has 0 fully saturated rings. The Morgan fingerprint density at radius 1 is 1.67 bits per heavy atom. The molecule has 37 valence electrons. The first-order chi connectivity index (χ1) is 2.56. The predicted octanol–water partition coefficient (Wildman–Crippen LogP) is -0.706. The molecule has 0 unspecified atom stereocenters. The van der Waals surface area contributed by atoms with Crippen LogP contribution in [0.25, 0.3) is 0 Å². The summed E-state index contributed by atoms with van der Waals surface area (Å²) >= 11 is 0. The van der Waals surface area contributed by atoms with Crippen molar-refractivity contribution in [1.82, 2.24) is 5.90 Å². The molecule has 0 spiro atoms. The highest BCUT2D eigenvalue weighted by Gasteiger charge is 2.09. The maximum absolute atomic E-state index is 9.28. The summed E-state index contributed by atoms with van der Waals surface area (Å²) < 4.78 is 12.1. The molecule has 0 aliphatic rings. The largest absolute Gasteiger partial charge is 0.487 e. The second-order valence-corrected chi connectivity index (χ2v) is 1.75. The molecule has 6 heteroatoms. The van der Waals surface area contributed by atoms with Gasteiger partial charge in [0.25, 0.3) is 0 Å². The van der Waals surface area contributed by atoms with Gasteiger partial charge in [0.2, 0.25) is 0 Å². The second kappa shape index (κ2) is 1.68. The molecule has 5 nitrogen and oxygen atoms in total. The van der Waals surface area contributed by atoms with E-state index >= 15 is 0 Å². The highest BCUT2D eigenvalue weighted by molar-refractivity contribution is 7.46. The third-order valence-electron chi connectivity index (χ3n) is 0.119. The third-order valence-corrected chi connectivity index (χ3v) is 0.357. The first-order valence-corrected chi connectivity index (χ1v) is 2.50. The Balaban J connectivity index is 3.48. The molecule has 0 atom stereocenters. The van der Waals surface area contributed by atoms with E-state index in [1.807, 2.05) is 0 Å². The van der Waals surface area contributed by atoms with Gasteiger partial charge in [-0.05, 0) is 0 Å². The lowest BCUT2D eigenvalue weighted by Gasteiger charge is -1.91. The fraction of sp³-hybridized carbons (Fsp3) is 0. The van der Waals surface area contributed by atoms with Crippen molar-refractivity contribution in [2.75, 3.05) is 0 Å². The smallest absolute Gasteiger partial charge is 0.302 e. The zero-order valence-corrected chi connectivity index (χ0v) is 3.55. The summed E-state index contributed by atoms with van der Waals surface area (Å²) in [5.74, 6) is 5.59. The molecule has 0 saturated heterocycles. The van der Waals surface area contributed by atoms with Gasteiger partial charge in [-0.1, -0.05) is 0 Å². The predicted molar refractivity (Wildman–Crippen MR) is 16.2 cm³/mol. The van der Waals surface area contributed by atoms with Gasteiger partial charge in [-0.15, -0.1) is 5.90 Å². The molecule has 0 aromatic rings. The summed E-state index contributed by atoms with van der Waals surface area (Å²) in [5, 5.41) is 0. The summed E-state index contributed by atoms with van der Waals surface area (Å²) in [6, 6.07) is 0. The average molecular weight is 112 g/mol. The zero-order valence-electron chi connectivity index (χ0n) is 2.66. The fourth-order valence-electron chi connectivity index (χ4n) is 0. The van der Waals surface area contributed by atoms with Crippen LogP contribution in [0, 0.1) is 0 Å². The Morgan fingerprint density at radius 2 is 1.83 bits per heavy atom. The number of nitrogens with one attached hydrogen (secondary N) is 1. The number of phosphoric acid groups is 1. The summed E-state index contributed by atoms with van der Waals surface area (Å²) in [7, 11) is -4.48. The topological polar surface area (TPSA) is 90.6 Å². The lowest BCUT2D eigenvalue weighted by molar-refractivity contribution is 0.188. The highest BCUT2D eigenvalue weighted by Crippen LogP contribution is 2.32. The maximum atomic E-state index is 9.28. The van der Waals surface area contributed by atoms with Crippen LogP contribution < -0.4 is 5.90 Å². The van der Waals surface area contributed by atoms with Crippen LogP contribution in [-0.2, 0) is 9.19 Å². The van der Waals surface area contributed by atoms with Crippen molar-refractivity contribution < 1.29 is 19.0 Å². The SMILES string of the molecule is [NH]OP(=O)(O)O. The van der Waals surface area contributed by atoms with E-state index in [4.69, 9.17) is 15.7 Å². The minimum Gasteiger partial charge on any atom is -0.302 e. The second-order valence-electron chi connectivity index (χ2n) is 0.582. The van der Waals surface area contributed by atoms with E-state index in [-0.39, 0.29) is 0 Å². The fourth-order valence-corrected chi connectivity index (χ4v) is 0. The van der Waals surface area contributed by atoms with Crippen molar-refractivity contribution in [3.05, 3.63) is 0 Å². The van der Waals surface area contributed by atoms with Crippen molar-refractivity contribution >= 4 is 7.82 Å². The van der Waals surface area contributed by atoms with E-state index in [9.17, 15) is 4.57 Å². The van der Waals surface area contributed by atoms with Gasteiger partial charge in [0.15, 0.2) is 0 Å². The van der Waals surface area contributed by atoms with Gasteiger partial charge in [0, 0.05) is 0 Å². The number of rotatable bonds is 1. The van der Waals surface area contributed by atoms with Crippen LogP contribution in [0.5, 0.6) is 0 Å². The molecule has 6 heavy (non-hydrogen) atoms. The molecule has 3 N–H and O–H groups in total. The molecule has 0 aromatic heterocycles. The molecular formula is H3NO4P. The molecule has 0 rings (SSSR count). The van der Waals surface area contributed by atoms with Crippen molar-refractivity contribution in [3.8, 4) is 0 Å². The van der Waals surface area contributed by atoms with Gasteiger partial charge in [-0.3, -0.25) is 0 Å². The van der Waals surface area contributed by atoms with Gasteiger partial charge < -0.3 is 9.79 Å². The Labute approximate surface area is 33.9 Å². The minimum atomic E-state index is -4.48. The van der Waals surface area contributed by atoms with E-state index in [0.29, 0.717) is 0 Å². The molecule has 0 heterocycles. The normalized spacial score (nSPS) is 11.8. The molecule has 0 aromatic carbocycles. The highest BCUT2D eigenvalue weighted by atomic mass is 31.2. The average Bonchev–Trinajstić information content (AvgIpc) is 1.35. The summed E-state index contributed by atoms with van der Waals surface area (Å²) in [4.78, 5) is 15.1. The van der Waals surface area contributed by atoms with Crippen molar-refractivity contribution in [3.63, 3.8) is 0 Å². The van der Waals surface area contributed by atoms with E-state index in [0.717, 1.165) is 0 Å². The van der Waals surface area contributed by atoms with Crippen molar-refractivity contribution in [2.45, 2.75) is 0 Å². The van der Waals surface area contributed by atoms with Gasteiger partial charge in [-0.2, -0.15) is 4.62 Å². The van der Waals surface area contributed by atoms with Gasteiger partial charge in [0.1, 0.15) is 0 Å². The number of hydrogen-bond acceptors (Lipinski definition) is 2. The molecule has 0 saturated carbocycles. The molecule has 0 aliphatic heterocycles. The third kappa shape index (κ3) is 4.07. The summed E-state index contributed by atoms with van der Waals surface area (Å²) in [6.45, 7) is 0. The molecule has 0 aliphatic carbocycles. The van der Waals surface area contributed by atoms with Crippen LogP contribution in [0.15, 0.2) is 0 Å². The van der Waals surface area contributed by atoms with Crippen LogP contribution >= 0.6 is 7.82 Å². The van der Waals surface area contributed by atoms with E-state index in [1.54, 1.807) is 0 Å². The zero-order chi connectivity index (χ0) is 5.21. The summed E-state index contributed by atoms with van der Waals surface area (Å²) in [5.41, 5.74) is 0. The van der Waals surface area contributed by atoms with E-state index < -0.39 is 7.82 Å². The molecule has 1 radical (unpaired) electrons. The lowest BCUT2D eigenvalue weighted by Crippen LogP contribution is -1.80. The Kier molecular flexibility index (Phi) is 1.70. The van der Waals surface area contributed by atoms with Gasteiger partial charge in [-0.25, -0.2) is 4.57 Å². The number of hydrogen-bond donors (Lipinski definition) is 2. The van der Waals surface area contributed by atoms with Crippen molar-refractivity contribution in [2.24, 2.45) is 0 Å². The van der Waals surface area contributed by atoms with Crippen LogP contribution in [-0.4, -0.2) is 9.79 Å².